The summed E-state index contributed by atoms with van der Waals surface area (Å²) < 4.78 is 0. The topological polar surface area (TPSA) is 53.5 Å². The first-order chi connectivity index (χ1) is 11.0. The molecule has 126 valence electrons. The molecule has 0 saturated carbocycles. The van der Waals surface area contributed by atoms with E-state index < -0.39 is 0 Å². The number of likely N-dealkylation sites (tertiary alicyclic amines) is 1. The highest BCUT2D eigenvalue weighted by Crippen LogP contribution is 2.35. The van der Waals surface area contributed by atoms with E-state index in [9.17, 15) is 9.59 Å². The number of aryl methyl sites for hydroxylation is 2. The van der Waals surface area contributed by atoms with Gasteiger partial charge in [0.2, 0.25) is 11.8 Å². The van der Waals surface area contributed by atoms with Gasteiger partial charge >= 0.3 is 0 Å². The maximum Gasteiger partial charge on any atom is 0.227 e. The molecule has 23 heavy (non-hydrogen) atoms. The lowest BCUT2D eigenvalue weighted by Crippen LogP contribution is -2.38. The molecule has 2 amide bonds. The van der Waals surface area contributed by atoms with Crippen LogP contribution in [-0.4, -0.2) is 53.3 Å². The number of aromatic nitrogens is 1. The Morgan fingerprint density at radius 3 is 2.87 bits per heavy atom. The number of nitrogens with zero attached hydrogens (tertiary/aromatic N) is 3. The van der Waals surface area contributed by atoms with Crippen LogP contribution in [0.3, 0.4) is 0 Å². The van der Waals surface area contributed by atoms with Gasteiger partial charge in [0.25, 0.3) is 0 Å². The zero-order chi connectivity index (χ0) is 16.6. The predicted octanol–water partition coefficient (Wildman–Crippen LogP) is 2.20. The number of carbonyl (C=O) groups is 2. The third-order valence-corrected chi connectivity index (χ3v) is 6.08. The Balaban J connectivity index is 1.62. The van der Waals surface area contributed by atoms with Gasteiger partial charge in [0.05, 0.1) is 16.6 Å². The molecule has 0 N–H and O–H groups in total. The summed E-state index contributed by atoms with van der Waals surface area (Å²) in [6.45, 7) is 5.66. The largest absolute Gasteiger partial charge is 0.345 e. The summed E-state index contributed by atoms with van der Waals surface area (Å²) in [7, 11) is 1.90. The number of fused-ring (bicyclic) bond motifs is 1. The minimum Gasteiger partial charge on any atom is -0.345 e. The van der Waals surface area contributed by atoms with Crippen molar-refractivity contribution in [3.8, 4) is 0 Å². The van der Waals surface area contributed by atoms with Crippen LogP contribution in [0.4, 0.5) is 0 Å². The lowest BCUT2D eigenvalue weighted by Gasteiger charge is -2.28. The van der Waals surface area contributed by atoms with Gasteiger partial charge in [0.15, 0.2) is 0 Å². The van der Waals surface area contributed by atoms with Gasteiger partial charge in [0.1, 0.15) is 0 Å². The van der Waals surface area contributed by atoms with Gasteiger partial charge in [-0.15, -0.1) is 11.3 Å². The average Bonchev–Trinajstić information content (AvgIpc) is 3.12. The van der Waals surface area contributed by atoms with Crippen LogP contribution in [-0.2, 0) is 16.0 Å². The summed E-state index contributed by atoms with van der Waals surface area (Å²) in [5.41, 5.74) is 1.22. The van der Waals surface area contributed by atoms with E-state index in [2.05, 4.69) is 6.92 Å². The maximum absolute atomic E-state index is 12.7. The molecule has 1 saturated heterocycles. The molecular weight excluding hydrogens is 310 g/mol. The smallest absolute Gasteiger partial charge is 0.227 e. The molecule has 2 aliphatic rings. The van der Waals surface area contributed by atoms with E-state index in [0.29, 0.717) is 19.0 Å². The van der Waals surface area contributed by atoms with Crippen molar-refractivity contribution >= 4 is 23.2 Å². The fourth-order valence-corrected chi connectivity index (χ4v) is 4.85. The van der Waals surface area contributed by atoms with Crippen LogP contribution < -0.4 is 0 Å². The van der Waals surface area contributed by atoms with Crippen molar-refractivity contribution in [3.63, 3.8) is 0 Å². The van der Waals surface area contributed by atoms with Crippen molar-refractivity contribution < 1.29 is 9.59 Å². The summed E-state index contributed by atoms with van der Waals surface area (Å²) >= 11 is 1.80. The number of amides is 2. The molecule has 2 atom stereocenters. The molecule has 2 heterocycles. The average molecular weight is 335 g/mol. The second kappa shape index (κ2) is 6.59. The lowest BCUT2D eigenvalue weighted by atomic mass is 9.90. The van der Waals surface area contributed by atoms with Gasteiger partial charge in [0, 0.05) is 44.4 Å². The Morgan fingerprint density at radius 1 is 1.39 bits per heavy atom. The van der Waals surface area contributed by atoms with Gasteiger partial charge in [-0.25, -0.2) is 4.98 Å². The van der Waals surface area contributed by atoms with Crippen molar-refractivity contribution in [1.82, 2.24) is 14.8 Å². The van der Waals surface area contributed by atoms with Gasteiger partial charge < -0.3 is 9.80 Å². The number of thiazole rings is 1. The standard InChI is InChI=1S/C17H25N3O2S/c1-11-18-16-13(5-4-6-15(16)23-11)9-19(3)17(22)14-7-8-20(10-14)12(2)21/h13-14H,4-10H2,1-3H3/t13-,14-/m1/s1. The molecule has 1 aliphatic heterocycles. The highest BCUT2D eigenvalue weighted by Gasteiger charge is 2.33. The number of rotatable bonds is 3. The van der Waals surface area contributed by atoms with Crippen molar-refractivity contribution in [3.05, 3.63) is 15.6 Å². The van der Waals surface area contributed by atoms with E-state index in [0.717, 1.165) is 30.8 Å². The van der Waals surface area contributed by atoms with Crippen LogP contribution in [0.15, 0.2) is 0 Å². The van der Waals surface area contributed by atoms with Crippen molar-refractivity contribution in [2.75, 3.05) is 26.7 Å². The maximum atomic E-state index is 12.7. The molecule has 0 radical (unpaired) electrons. The number of hydrogen-bond acceptors (Lipinski definition) is 4. The first-order valence-corrected chi connectivity index (χ1v) is 9.24. The van der Waals surface area contributed by atoms with Gasteiger partial charge in [-0.2, -0.15) is 0 Å². The van der Waals surface area contributed by atoms with E-state index in [1.54, 1.807) is 23.2 Å². The lowest BCUT2D eigenvalue weighted by molar-refractivity contribution is -0.134. The van der Waals surface area contributed by atoms with E-state index in [-0.39, 0.29) is 17.7 Å². The monoisotopic (exact) mass is 335 g/mol. The Bertz CT molecular complexity index is 613. The predicted molar refractivity (Wildman–Crippen MR) is 90.5 cm³/mol. The van der Waals surface area contributed by atoms with Gasteiger partial charge in [-0.3, -0.25) is 9.59 Å². The van der Waals surface area contributed by atoms with Gasteiger partial charge in [-0.1, -0.05) is 0 Å². The summed E-state index contributed by atoms with van der Waals surface area (Å²) in [6, 6.07) is 0. The fourth-order valence-electron chi connectivity index (χ4n) is 3.79. The molecule has 0 bridgehead atoms. The zero-order valence-corrected chi connectivity index (χ0v) is 15.0. The molecule has 0 spiro atoms. The molecule has 1 aromatic heterocycles. The van der Waals surface area contributed by atoms with Gasteiger partial charge in [-0.05, 0) is 32.6 Å². The van der Waals surface area contributed by atoms with E-state index >= 15 is 0 Å². The fraction of sp³-hybridized carbons (Fsp3) is 0.706. The first kappa shape index (κ1) is 16.4. The Hall–Kier alpha value is -1.43. The van der Waals surface area contributed by atoms with Crippen molar-refractivity contribution in [2.24, 2.45) is 5.92 Å². The Morgan fingerprint density at radius 2 is 2.17 bits per heavy atom. The molecule has 1 aliphatic carbocycles. The normalized spacial score (nSPS) is 23.7. The molecule has 1 aromatic rings. The molecule has 0 unspecified atom stereocenters. The SMILES string of the molecule is CC(=O)N1CC[C@@H](C(=O)N(C)C[C@H]2CCCc3sc(C)nc32)C1. The van der Waals surface area contributed by atoms with E-state index in [4.69, 9.17) is 4.98 Å². The van der Waals surface area contributed by atoms with Crippen LogP contribution in [0.5, 0.6) is 0 Å². The highest BCUT2D eigenvalue weighted by molar-refractivity contribution is 7.11. The third kappa shape index (κ3) is 3.42. The minimum absolute atomic E-state index is 0.0378. The summed E-state index contributed by atoms with van der Waals surface area (Å²) in [5, 5.41) is 1.13. The molecule has 6 heteroatoms. The second-order valence-electron chi connectivity index (χ2n) is 6.80. The molecule has 5 nitrogen and oxygen atoms in total. The number of likely N-dealkylation sites (N-methyl/N-ethyl adjacent to an activating group) is 1. The van der Waals surface area contributed by atoms with Crippen LogP contribution >= 0.6 is 11.3 Å². The van der Waals surface area contributed by atoms with Crippen LogP contribution in [0.2, 0.25) is 0 Å². The van der Waals surface area contributed by atoms with Crippen LogP contribution in [0, 0.1) is 12.8 Å². The first-order valence-electron chi connectivity index (χ1n) is 8.42. The van der Waals surface area contributed by atoms with E-state index in [1.807, 2.05) is 11.9 Å². The highest BCUT2D eigenvalue weighted by atomic mass is 32.1. The minimum atomic E-state index is -0.0378. The molecule has 3 rings (SSSR count). The number of carbonyl (C=O) groups excluding carboxylic acids is 2. The van der Waals surface area contributed by atoms with Crippen molar-refractivity contribution in [2.45, 2.75) is 45.4 Å². The van der Waals surface area contributed by atoms with Crippen LogP contribution in [0.25, 0.3) is 0 Å². The number of hydrogen-bond donors (Lipinski definition) is 0. The molecular formula is C17H25N3O2S. The summed E-state index contributed by atoms with van der Waals surface area (Å²) in [6.07, 6.45) is 4.21. The summed E-state index contributed by atoms with van der Waals surface area (Å²) in [4.78, 5) is 33.9. The molecule has 1 fully saturated rings. The quantitative estimate of drug-likeness (QED) is 0.851. The van der Waals surface area contributed by atoms with E-state index in [1.165, 1.54) is 17.0 Å². The Labute approximate surface area is 141 Å². The van der Waals surface area contributed by atoms with Crippen LogP contribution in [0.1, 0.15) is 47.7 Å². The Kier molecular flexibility index (Phi) is 4.71. The zero-order valence-electron chi connectivity index (χ0n) is 14.2. The van der Waals surface area contributed by atoms with Crippen molar-refractivity contribution in [1.29, 1.82) is 0 Å². The third-order valence-electron chi connectivity index (χ3n) is 5.03. The second-order valence-corrected chi connectivity index (χ2v) is 8.09. The summed E-state index contributed by atoms with van der Waals surface area (Å²) in [5.74, 6) is 0.567. The molecule has 0 aromatic carbocycles.